The Hall–Kier alpha value is -2.82. The number of unbranched alkanes of at least 4 members (excludes halogenated alkanes) is 2. The molecule has 0 atom stereocenters. The highest BCUT2D eigenvalue weighted by Gasteiger charge is 2.15. The molecule has 1 heterocycles. The van der Waals surface area contributed by atoms with Gasteiger partial charge in [-0.25, -0.2) is 9.78 Å². The van der Waals surface area contributed by atoms with E-state index in [4.69, 9.17) is 21.6 Å². The van der Waals surface area contributed by atoms with E-state index < -0.39 is 5.97 Å². The molecule has 0 spiro atoms. The van der Waals surface area contributed by atoms with Gasteiger partial charge in [-0.05, 0) is 42.7 Å². The highest BCUT2D eigenvalue weighted by molar-refractivity contribution is 7.99. The number of rotatable bonds is 8. The van der Waals surface area contributed by atoms with Gasteiger partial charge in [-0.2, -0.15) is 5.26 Å². The van der Waals surface area contributed by atoms with Crippen molar-refractivity contribution in [2.24, 2.45) is 0 Å². The molecule has 0 fully saturated rings. The summed E-state index contributed by atoms with van der Waals surface area (Å²) in [5.74, 6) is 0.239. The Kier molecular flexibility index (Phi) is 7.50. The summed E-state index contributed by atoms with van der Waals surface area (Å²) < 4.78 is 6.38. The highest BCUT2D eigenvalue weighted by atomic mass is 35.5. The van der Waals surface area contributed by atoms with Gasteiger partial charge in [-0.3, -0.25) is 9.36 Å². The minimum Gasteiger partial charge on any atom is -0.465 e. The molecule has 0 saturated carbocycles. The Morgan fingerprint density at radius 3 is 2.80 bits per heavy atom. The van der Waals surface area contributed by atoms with Gasteiger partial charge in [0.15, 0.2) is 5.16 Å². The van der Waals surface area contributed by atoms with Crippen molar-refractivity contribution in [2.75, 3.05) is 12.9 Å². The van der Waals surface area contributed by atoms with Crippen molar-refractivity contribution >= 4 is 40.2 Å². The molecular formula is C22H20ClN3O3S. The molecule has 0 N–H and O–H groups in total. The number of thioether (sulfide) groups is 1. The molecule has 0 saturated heterocycles. The average Bonchev–Trinajstić information content (AvgIpc) is 2.76. The quantitative estimate of drug-likeness (QED) is 0.218. The average molecular weight is 442 g/mol. The number of hydrogen-bond donors (Lipinski definition) is 0. The lowest BCUT2D eigenvalue weighted by Gasteiger charge is -2.14. The molecule has 0 aliphatic rings. The fourth-order valence-corrected chi connectivity index (χ4v) is 4.15. The molecule has 3 aromatic rings. The fraction of sp³-hybridized carbons (Fsp3) is 0.273. The predicted molar refractivity (Wildman–Crippen MR) is 118 cm³/mol. The molecule has 154 valence electrons. The molecular weight excluding hydrogens is 422 g/mol. The van der Waals surface area contributed by atoms with Gasteiger partial charge in [0, 0.05) is 17.2 Å². The van der Waals surface area contributed by atoms with Gasteiger partial charge in [0.1, 0.15) is 0 Å². The van der Waals surface area contributed by atoms with Crippen molar-refractivity contribution in [3.63, 3.8) is 0 Å². The van der Waals surface area contributed by atoms with Crippen LogP contribution in [0.3, 0.4) is 0 Å². The Labute approximate surface area is 183 Å². The van der Waals surface area contributed by atoms with Crippen LogP contribution < -0.4 is 5.56 Å². The predicted octanol–water partition coefficient (Wildman–Crippen LogP) is 4.67. The number of nitriles is 1. The summed E-state index contributed by atoms with van der Waals surface area (Å²) in [6.07, 6.45) is 2.12. The zero-order valence-corrected chi connectivity index (χ0v) is 18.0. The van der Waals surface area contributed by atoms with Crippen molar-refractivity contribution in [1.29, 1.82) is 5.26 Å². The van der Waals surface area contributed by atoms with E-state index >= 15 is 0 Å². The van der Waals surface area contributed by atoms with E-state index in [1.165, 1.54) is 18.9 Å². The molecule has 30 heavy (non-hydrogen) atoms. The maximum atomic E-state index is 13.3. The van der Waals surface area contributed by atoms with Gasteiger partial charge >= 0.3 is 5.97 Å². The topological polar surface area (TPSA) is 85.0 Å². The third-order valence-electron chi connectivity index (χ3n) is 4.54. The third kappa shape index (κ3) is 5.02. The van der Waals surface area contributed by atoms with E-state index in [0.29, 0.717) is 39.6 Å². The van der Waals surface area contributed by atoms with Gasteiger partial charge in [0.25, 0.3) is 5.56 Å². The normalized spacial score (nSPS) is 10.7. The van der Waals surface area contributed by atoms with Crippen LogP contribution in [-0.4, -0.2) is 28.4 Å². The molecule has 0 unspecified atom stereocenters. The van der Waals surface area contributed by atoms with Crippen LogP contribution in [0.5, 0.6) is 0 Å². The zero-order valence-electron chi connectivity index (χ0n) is 16.4. The van der Waals surface area contributed by atoms with Crippen LogP contribution in [0.25, 0.3) is 10.9 Å². The van der Waals surface area contributed by atoms with Crippen LogP contribution in [-0.2, 0) is 11.3 Å². The summed E-state index contributed by atoms with van der Waals surface area (Å²) in [6, 6.07) is 14.2. The minimum atomic E-state index is -0.482. The van der Waals surface area contributed by atoms with E-state index in [9.17, 15) is 9.59 Å². The van der Waals surface area contributed by atoms with Gasteiger partial charge < -0.3 is 4.74 Å². The first-order valence-electron chi connectivity index (χ1n) is 9.41. The standard InChI is InChI=1S/C22H20ClN3O3S/c1-29-21(28)15-9-10-17-19(13-15)25-22(30-12-6-2-5-11-24)26(20(17)27)14-16-7-3-4-8-18(16)23/h3-4,7-10,13H,2,5-6,12,14H2,1H3. The van der Waals surface area contributed by atoms with Crippen LogP contribution >= 0.6 is 23.4 Å². The van der Waals surface area contributed by atoms with E-state index in [0.717, 1.165) is 24.2 Å². The Morgan fingerprint density at radius 2 is 2.07 bits per heavy atom. The SMILES string of the molecule is COC(=O)c1ccc2c(=O)n(Cc3ccccc3Cl)c(SCCCCC#N)nc2c1. The number of methoxy groups -OCH3 is 1. The van der Waals surface area contributed by atoms with Crippen molar-refractivity contribution in [1.82, 2.24) is 9.55 Å². The first-order valence-corrected chi connectivity index (χ1v) is 10.8. The lowest BCUT2D eigenvalue weighted by Crippen LogP contribution is -2.24. The second kappa shape index (κ2) is 10.3. The van der Waals surface area contributed by atoms with Crippen molar-refractivity contribution in [3.8, 4) is 6.07 Å². The van der Waals surface area contributed by atoms with Crippen LogP contribution in [0.1, 0.15) is 35.2 Å². The number of benzene rings is 2. The summed E-state index contributed by atoms with van der Waals surface area (Å²) in [6.45, 7) is 0.292. The second-order valence-electron chi connectivity index (χ2n) is 6.56. The molecule has 0 amide bonds. The minimum absolute atomic E-state index is 0.198. The molecule has 0 aliphatic carbocycles. The van der Waals surface area contributed by atoms with E-state index in [1.54, 1.807) is 28.8 Å². The maximum absolute atomic E-state index is 13.3. The molecule has 8 heteroatoms. The summed E-state index contributed by atoms with van der Waals surface area (Å²) in [5, 5.41) is 10.2. The van der Waals surface area contributed by atoms with Crippen LogP contribution in [0.2, 0.25) is 5.02 Å². The number of halogens is 1. The van der Waals surface area contributed by atoms with Crippen LogP contribution in [0.15, 0.2) is 52.4 Å². The number of esters is 1. The lowest BCUT2D eigenvalue weighted by atomic mass is 10.1. The Bertz CT molecular complexity index is 1170. The molecule has 1 aromatic heterocycles. The number of fused-ring (bicyclic) bond motifs is 1. The van der Waals surface area contributed by atoms with Crippen molar-refractivity contribution in [3.05, 3.63) is 69.0 Å². The molecule has 0 radical (unpaired) electrons. The number of carbonyl (C=O) groups excluding carboxylic acids is 1. The molecule has 3 rings (SSSR count). The monoisotopic (exact) mass is 441 g/mol. The summed E-state index contributed by atoms with van der Waals surface area (Å²) in [4.78, 5) is 29.8. The number of nitrogens with zero attached hydrogens (tertiary/aromatic N) is 3. The summed E-state index contributed by atoms with van der Waals surface area (Å²) in [7, 11) is 1.31. The first-order chi connectivity index (χ1) is 14.5. The second-order valence-corrected chi connectivity index (χ2v) is 8.03. The van der Waals surface area contributed by atoms with Gasteiger partial charge in [-0.15, -0.1) is 0 Å². The molecule has 2 aromatic carbocycles. The number of aromatic nitrogens is 2. The van der Waals surface area contributed by atoms with Gasteiger partial charge in [0.2, 0.25) is 0 Å². The highest BCUT2D eigenvalue weighted by Crippen LogP contribution is 2.23. The van der Waals surface area contributed by atoms with E-state index in [-0.39, 0.29) is 5.56 Å². The molecule has 6 nitrogen and oxygen atoms in total. The fourth-order valence-electron chi connectivity index (χ4n) is 2.96. The van der Waals surface area contributed by atoms with E-state index in [1.807, 2.05) is 18.2 Å². The van der Waals surface area contributed by atoms with E-state index in [2.05, 4.69) is 11.1 Å². The van der Waals surface area contributed by atoms with Crippen LogP contribution in [0, 0.1) is 11.3 Å². The Morgan fingerprint density at radius 1 is 1.27 bits per heavy atom. The Balaban J connectivity index is 2.04. The smallest absolute Gasteiger partial charge is 0.337 e. The van der Waals surface area contributed by atoms with Gasteiger partial charge in [-0.1, -0.05) is 41.6 Å². The van der Waals surface area contributed by atoms with Crippen molar-refractivity contribution < 1.29 is 9.53 Å². The third-order valence-corrected chi connectivity index (χ3v) is 5.97. The molecule has 0 aliphatic heterocycles. The van der Waals surface area contributed by atoms with Crippen LogP contribution in [0.4, 0.5) is 0 Å². The zero-order chi connectivity index (χ0) is 21.5. The summed E-state index contributed by atoms with van der Waals surface area (Å²) in [5.41, 5.74) is 1.40. The first kappa shape index (κ1) is 21.9. The van der Waals surface area contributed by atoms with Crippen molar-refractivity contribution in [2.45, 2.75) is 31.0 Å². The number of carbonyl (C=O) groups is 1. The number of ether oxygens (including phenoxy) is 1. The molecule has 0 bridgehead atoms. The summed E-state index contributed by atoms with van der Waals surface area (Å²) >= 11 is 7.76. The maximum Gasteiger partial charge on any atom is 0.337 e. The lowest BCUT2D eigenvalue weighted by molar-refractivity contribution is 0.0601. The van der Waals surface area contributed by atoms with Gasteiger partial charge in [0.05, 0.1) is 36.2 Å². The largest absolute Gasteiger partial charge is 0.465 e. The number of hydrogen-bond acceptors (Lipinski definition) is 6.